The molecule has 1 aliphatic rings. The van der Waals surface area contributed by atoms with Gasteiger partial charge in [0.15, 0.2) is 0 Å². The molecule has 4 N–H and O–H groups in total. The zero-order valence-electron chi connectivity index (χ0n) is 11.4. The summed E-state index contributed by atoms with van der Waals surface area (Å²) in [5.74, 6) is 6.16. The van der Waals surface area contributed by atoms with Crippen molar-refractivity contribution >= 4 is 5.96 Å². The summed E-state index contributed by atoms with van der Waals surface area (Å²) >= 11 is 0. The molecule has 1 heterocycles. The SMILES string of the molecule is CCCNC(=NCC1(C)CCN(C)CC1)NN. The van der Waals surface area contributed by atoms with Crippen molar-refractivity contribution < 1.29 is 0 Å². The van der Waals surface area contributed by atoms with Crippen LogP contribution < -0.4 is 16.6 Å². The number of piperidine rings is 1. The van der Waals surface area contributed by atoms with Crippen molar-refractivity contribution in [2.24, 2.45) is 16.3 Å². The van der Waals surface area contributed by atoms with E-state index in [1.165, 1.54) is 25.9 Å². The van der Waals surface area contributed by atoms with Crippen molar-refractivity contribution in [3.63, 3.8) is 0 Å². The highest BCUT2D eigenvalue weighted by Gasteiger charge is 2.28. The summed E-state index contributed by atoms with van der Waals surface area (Å²) in [6, 6.07) is 0. The van der Waals surface area contributed by atoms with Crippen LogP contribution in [-0.2, 0) is 0 Å². The lowest BCUT2D eigenvalue weighted by Crippen LogP contribution is -2.43. The highest BCUT2D eigenvalue weighted by molar-refractivity contribution is 5.79. The molecule has 1 rings (SSSR count). The van der Waals surface area contributed by atoms with Crippen LogP contribution in [0.5, 0.6) is 0 Å². The maximum atomic E-state index is 5.44. The Hall–Kier alpha value is -0.810. The molecule has 100 valence electrons. The Balaban J connectivity index is 2.43. The minimum Gasteiger partial charge on any atom is -0.355 e. The van der Waals surface area contributed by atoms with E-state index >= 15 is 0 Å². The average molecular weight is 241 g/mol. The lowest BCUT2D eigenvalue weighted by molar-refractivity contribution is 0.147. The standard InChI is InChI=1S/C12H27N5/c1-4-7-14-11(16-13)15-10-12(2)5-8-17(3)9-6-12/h4-10,13H2,1-3H3,(H2,14,15,16). The lowest BCUT2D eigenvalue weighted by Gasteiger charge is -2.36. The predicted octanol–water partition coefficient (Wildman–Crippen LogP) is 0.537. The first-order valence-corrected chi connectivity index (χ1v) is 6.53. The van der Waals surface area contributed by atoms with Crippen LogP contribution in [0.25, 0.3) is 0 Å². The van der Waals surface area contributed by atoms with Crippen LogP contribution in [0, 0.1) is 5.41 Å². The van der Waals surface area contributed by atoms with Crippen molar-refractivity contribution in [2.75, 3.05) is 33.2 Å². The average Bonchev–Trinajstić information content (AvgIpc) is 2.34. The van der Waals surface area contributed by atoms with Crippen LogP contribution in [0.3, 0.4) is 0 Å². The fourth-order valence-corrected chi connectivity index (χ4v) is 1.98. The molecule has 0 atom stereocenters. The van der Waals surface area contributed by atoms with Crippen molar-refractivity contribution in [1.29, 1.82) is 0 Å². The van der Waals surface area contributed by atoms with Crippen molar-refractivity contribution in [1.82, 2.24) is 15.6 Å². The third kappa shape index (κ3) is 4.91. The Morgan fingerprint density at radius 1 is 1.41 bits per heavy atom. The van der Waals surface area contributed by atoms with Crippen molar-refractivity contribution in [2.45, 2.75) is 33.1 Å². The van der Waals surface area contributed by atoms with Gasteiger partial charge < -0.3 is 10.2 Å². The zero-order chi connectivity index (χ0) is 12.7. The molecule has 0 spiro atoms. The second-order valence-corrected chi connectivity index (χ2v) is 5.35. The van der Waals surface area contributed by atoms with E-state index in [0.717, 1.165) is 19.5 Å². The van der Waals surface area contributed by atoms with Crippen molar-refractivity contribution in [3.05, 3.63) is 0 Å². The van der Waals surface area contributed by atoms with Crippen LogP contribution >= 0.6 is 0 Å². The molecule has 0 aromatic rings. The van der Waals surface area contributed by atoms with Crippen LogP contribution in [0.15, 0.2) is 4.99 Å². The third-order valence-corrected chi connectivity index (χ3v) is 3.49. The number of hydrogen-bond donors (Lipinski definition) is 3. The molecular formula is C12H27N5. The van der Waals surface area contributed by atoms with Gasteiger partial charge in [0.25, 0.3) is 0 Å². The highest BCUT2D eigenvalue weighted by atomic mass is 15.3. The number of nitrogens with zero attached hydrogens (tertiary/aromatic N) is 2. The molecule has 0 bridgehead atoms. The van der Waals surface area contributed by atoms with Gasteiger partial charge in [0, 0.05) is 13.1 Å². The zero-order valence-corrected chi connectivity index (χ0v) is 11.4. The van der Waals surface area contributed by atoms with Crippen molar-refractivity contribution in [3.8, 4) is 0 Å². The molecular weight excluding hydrogens is 214 g/mol. The van der Waals surface area contributed by atoms with Gasteiger partial charge in [-0.05, 0) is 44.8 Å². The lowest BCUT2D eigenvalue weighted by atomic mass is 9.80. The Kier molecular flexibility index (Phi) is 5.71. The first-order chi connectivity index (χ1) is 8.09. The molecule has 0 amide bonds. The Morgan fingerprint density at radius 2 is 2.06 bits per heavy atom. The third-order valence-electron chi connectivity index (χ3n) is 3.49. The predicted molar refractivity (Wildman–Crippen MR) is 72.8 cm³/mol. The second kappa shape index (κ2) is 6.81. The van der Waals surface area contributed by atoms with E-state index in [1.807, 2.05) is 0 Å². The number of aliphatic imine (C=N–C) groups is 1. The summed E-state index contributed by atoms with van der Waals surface area (Å²) in [6.07, 6.45) is 3.49. The van der Waals surface area contributed by atoms with Gasteiger partial charge in [0.1, 0.15) is 0 Å². The number of hydrogen-bond acceptors (Lipinski definition) is 3. The topological polar surface area (TPSA) is 65.7 Å². The Morgan fingerprint density at radius 3 is 2.59 bits per heavy atom. The molecule has 0 saturated carbocycles. The number of likely N-dealkylation sites (tertiary alicyclic amines) is 1. The molecule has 0 aromatic carbocycles. The number of nitrogens with one attached hydrogen (secondary N) is 2. The molecule has 1 fully saturated rings. The molecule has 5 heteroatoms. The maximum Gasteiger partial charge on any atom is 0.205 e. The summed E-state index contributed by atoms with van der Waals surface area (Å²) < 4.78 is 0. The minimum absolute atomic E-state index is 0.322. The van der Waals surface area contributed by atoms with Gasteiger partial charge in [-0.3, -0.25) is 10.4 Å². The van der Waals surface area contributed by atoms with E-state index in [2.05, 4.69) is 41.5 Å². The van der Waals surface area contributed by atoms with Gasteiger partial charge in [-0.25, -0.2) is 5.84 Å². The maximum absolute atomic E-state index is 5.44. The monoisotopic (exact) mass is 241 g/mol. The molecule has 0 unspecified atom stereocenters. The normalized spacial score (nSPS) is 21.3. The molecule has 1 saturated heterocycles. The van der Waals surface area contributed by atoms with E-state index in [1.54, 1.807) is 0 Å². The Bertz CT molecular complexity index is 243. The van der Waals surface area contributed by atoms with Crippen LogP contribution in [0.2, 0.25) is 0 Å². The summed E-state index contributed by atoms with van der Waals surface area (Å²) in [7, 11) is 2.18. The Labute approximate surface area is 105 Å². The van der Waals surface area contributed by atoms with Gasteiger partial charge in [0.2, 0.25) is 5.96 Å². The fourth-order valence-electron chi connectivity index (χ4n) is 1.98. The van der Waals surface area contributed by atoms with E-state index in [-0.39, 0.29) is 0 Å². The molecule has 1 aliphatic heterocycles. The van der Waals surface area contributed by atoms with Gasteiger partial charge in [0.05, 0.1) is 0 Å². The molecule has 5 nitrogen and oxygen atoms in total. The van der Waals surface area contributed by atoms with E-state index in [4.69, 9.17) is 5.84 Å². The minimum atomic E-state index is 0.322. The summed E-state index contributed by atoms with van der Waals surface area (Å²) in [5.41, 5.74) is 2.95. The van der Waals surface area contributed by atoms with Gasteiger partial charge in [-0.1, -0.05) is 13.8 Å². The largest absolute Gasteiger partial charge is 0.355 e. The first kappa shape index (κ1) is 14.3. The number of rotatable bonds is 4. The molecule has 0 aromatic heterocycles. The van der Waals surface area contributed by atoms with E-state index in [9.17, 15) is 0 Å². The van der Waals surface area contributed by atoms with Gasteiger partial charge in [-0.2, -0.15) is 0 Å². The van der Waals surface area contributed by atoms with E-state index in [0.29, 0.717) is 11.4 Å². The smallest absolute Gasteiger partial charge is 0.205 e. The van der Waals surface area contributed by atoms with Crippen LogP contribution in [0.4, 0.5) is 0 Å². The number of hydrazine groups is 1. The highest BCUT2D eigenvalue weighted by Crippen LogP contribution is 2.30. The second-order valence-electron chi connectivity index (χ2n) is 5.35. The number of nitrogens with two attached hydrogens (primary N) is 1. The summed E-state index contributed by atoms with van der Waals surface area (Å²) in [5, 5.41) is 3.19. The summed E-state index contributed by atoms with van der Waals surface area (Å²) in [6.45, 7) is 8.52. The fraction of sp³-hybridized carbons (Fsp3) is 0.917. The van der Waals surface area contributed by atoms with Crippen LogP contribution in [-0.4, -0.2) is 44.1 Å². The first-order valence-electron chi connectivity index (χ1n) is 6.53. The number of guanidine groups is 1. The molecule has 0 aliphatic carbocycles. The van der Waals surface area contributed by atoms with Crippen LogP contribution in [0.1, 0.15) is 33.1 Å². The summed E-state index contributed by atoms with van der Waals surface area (Å²) in [4.78, 5) is 6.93. The molecule has 0 radical (unpaired) electrons. The quantitative estimate of drug-likeness (QED) is 0.291. The van der Waals surface area contributed by atoms with Gasteiger partial charge in [-0.15, -0.1) is 0 Å². The van der Waals surface area contributed by atoms with Gasteiger partial charge >= 0.3 is 0 Å². The molecule has 17 heavy (non-hydrogen) atoms. The van der Waals surface area contributed by atoms with E-state index < -0.39 is 0 Å².